The number of anilines is 1. The molecule has 0 saturated carbocycles. The van der Waals surface area contributed by atoms with Crippen LogP contribution in [0.3, 0.4) is 0 Å². The zero-order chi connectivity index (χ0) is 17.0. The molecule has 0 aliphatic carbocycles. The molecule has 0 fully saturated rings. The van der Waals surface area contributed by atoms with Gasteiger partial charge in [-0.1, -0.05) is 46.4 Å². The standard InChI is InChI=1S/C14H10BrCl4N3O/c15-11-6-1-8(7-20-11)12(23)22-13(14(17,18)19)21-10-4-2-9(16)3-5-10/h1-7,13,21H,(H,22,23). The van der Waals surface area contributed by atoms with E-state index in [0.717, 1.165) is 0 Å². The molecular formula is C14H10BrCl4N3O. The van der Waals surface area contributed by atoms with Crippen LogP contribution in [0.25, 0.3) is 0 Å². The second-order valence-corrected chi connectivity index (χ2v) is 8.09. The Hall–Kier alpha value is -0.720. The lowest BCUT2D eigenvalue weighted by atomic mass is 10.2. The second kappa shape index (κ2) is 7.90. The van der Waals surface area contributed by atoms with Gasteiger partial charge in [-0.15, -0.1) is 0 Å². The molecule has 0 spiro atoms. The minimum absolute atomic E-state index is 0.338. The van der Waals surface area contributed by atoms with E-state index in [4.69, 9.17) is 46.4 Å². The average molecular weight is 458 g/mol. The number of alkyl halides is 3. The number of nitrogens with zero attached hydrogens (tertiary/aromatic N) is 1. The molecule has 1 unspecified atom stereocenters. The number of halogens is 5. The molecule has 1 heterocycles. The van der Waals surface area contributed by atoms with Crippen molar-refractivity contribution in [2.45, 2.75) is 9.96 Å². The van der Waals surface area contributed by atoms with Gasteiger partial charge in [0.15, 0.2) is 0 Å². The van der Waals surface area contributed by atoms with Gasteiger partial charge in [0.1, 0.15) is 10.8 Å². The summed E-state index contributed by atoms with van der Waals surface area (Å²) in [6, 6.07) is 10.0. The van der Waals surface area contributed by atoms with Crippen LogP contribution in [0.5, 0.6) is 0 Å². The third-order valence-electron chi connectivity index (χ3n) is 2.75. The van der Waals surface area contributed by atoms with E-state index in [1.165, 1.54) is 6.20 Å². The summed E-state index contributed by atoms with van der Waals surface area (Å²) in [5, 5.41) is 6.14. The van der Waals surface area contributed by atoms with Crippen molar-refractivity contribution in [2.24, 2.45) is 0 Å². The molecule has 0 aliphatic heterocycles. The van der Waals surface area contributed by atoms with E-state index in [1.54, 1.807) is 36.4 Å². The Kier molecular flexibility index (Phi) is 6.40. The summed E-state index contributed by atoms with van der Waals surface area (Å²) in [5.74, 6) is -0.428. The first-order valence-corrected chi connectivity index (χ1v) is 8.57. The van der Waals surface area contributed by atoms with E-state index in [2.05, 4.69) is 31.5 Å². The summed E-state index contributed by atoms with van der Waals surface area (Å²) in [5.41, 5.74) is 0.977. The predicted octanol–water partition coefficient (Wildman–Crippen LogP) is 5.04. The highest BCUT2D eigenvalue weighted by Crippen LogP contribution is 2.31. The molecule has 2 aromatic rings. The van der Waals surface area contributed by atoms with Gasteiger partial charge in [-0.3, -0.25) is 4.79 Å². The molecular weight excluding hydrogens is 448 g/mol. The average Bonchev–Trinajstić information content (AvgIpc) is 2.48. The van der Waals surface area contributed by atoms with Crippen molar-refractivity contribution < 1.29 is 4.79 Å². The van der Waals surface area contributed by atoms with Crippen LogP contribution in [0.2, 0.25) is 5.02 Å². The van der Waals surface area contributed by atoms with Crippen LogP contribution in [-0.2, 0) is 0 Å². The van der Waals surface area contributed by atoms with Gasteiger partial charge in [0.05, 0.1) is 5.56 Å². The Morgan fingerprint density at radius 3 is 2.30 bits per heavy atom. The van der Waals surface area contributed by atoms with E-state index in [-0.39, 0.29) is 0 Å². The van der Waals surface area contributed by atoms with Gasteiger partial charge >= 0.3 is 0 Å². The van der Waals surface area contributed by atoms with E-state index in [1.807, 2.05) is 0 Å². The Bertz CT molecular complexity index is 674. The van der Waals surface area contributed by atoms with Crippen molar-refractivity contribution in [1.29, 1.82) is 0 Å². The van der Waals surface area contributed by atoms with Crippen LogP contribution in [0.1, 0.15) is 10.4 Å². The lowest BCUT2D eigenvalue weighted by Crippen LogP contribution is -2.49. The van der Waals surface area contributed by atoms with Crippen molar-refractivity contribution >= 4 is 73.9 Å². The van der Waals surface area contributed by atoms with E-state index >= 15 is 0 Å². The number of amides is 1. The lowest BCUT2D eigenvalue weighted by molar-refractivity contribution is 0.0941. The van der Waals surface area contributed by atoms with Gasteiger partial charge in [0.25, 0.3) is 5.91 Å². The van der Waals surface area contributed by atoms with Crippen LogP contribution in [0.4, 0.5) is 5.69 Å². The Morgan fingerprint density at radius 1 is 1.13 bits per heavy atom. The molecule has 9 heteroatoms. The number of benzene rings is 1. The molecule has 23 heavy (non-hydrogen) atoms. The van der Waals surface area contributed by atoms with Gasteiger partial charge in [0, 0.05) is 16.9 Å². The van der Waals surface area contributed by atoms with Crippen LogP contribution < -0.4 is 10.6 Å². The number of hydrogen-bond acceptors (Lipinski definition) is 3. The smallest absolute Gasteiger partial charge is 0.254 e. The molecule has 2 N–H and O–H groups in total. The number of hydrogen-bond donors (Lipinski definition) is 2. The quantitative estimate of drug-likeness (QED) is 0.384. The highest BCUT2D eigenvalue weighted by Gasteiger charge is 2.34. The van der Waals surface area contributed by atoms with Crippen LogP contribution >= 0.6 is 62.3 Å². The van der Waals surface area contributed by atoms with Crippen molar-refractivity contribution in [3.8, 4) is 0 Å². The third kappa shape index (κ3) is 5.69. The maximum atomic E-state index is 12.3. The van der Waals surface area contributed by atoms with Crippen LogP contribution in [0.15, 0.2) is 47.2 Å². The fourth-order valence-electron chi connectivity index (χ4n) is 1.64. The summed E-state index contributed by atoms with van der Waals surface area (Å²) in [7, 11) is 0. The second-order valence-electron chi connectivity index (χ2n) is 4.47. The first-order chi connectivity index (χ1) is 10.8. The van der Waals surface area contributed by atoms with Crippen molar-refractivity contribution in [2.75, 3.05) is 5.32 Å². The Morgan fingerprint density at radius 2 is 1.78 bits per heavy atom. The molecule has 0 radical (unpaired) electrons. The number of nitrogens with one attached hydrogen (secondary N) is 2. The monoisotopic (exact) mass is 455 g/mol. The fourth-order valence-corrected chi connectivity index (χ4v) is 2.32. The normalized spacial score (nSPS) is 12.6. The van der Waals surface area contributed by atoms with Gasteiger partial charge in [0.2, 0.25) is 3.79 Å². The zero-order valence-corrected chi connectivity index (χ0v) is 16.0. The molecule has 0 bridgehead atoms. The minimum Gasteiger partial charge on any atom is -0.362 e. The molecule has 4 nitrogen and oxygen atoms in total. The largest absolute Gasteiger partial charge is 0.362 e. The van der Waals surface area contributed by atoms with E-state index in [0.29, 0.717) is 20.9 Å². The molecule has 2 rings (SSSR count). The van der Waals surface area contributed by atoms with E-state index in [9.17, 15) is 4.79 Å². The number of carbonyl (C=O) groups is 1. The molecule has 1 aromatic carbocycles. The fraction of sp³-hybridized carbons (Fsp3) is 0.143. The summed E-state index contributed by atoms with van der Waals surface area (Å²) in [6.07, 6.45) is 0.460. The topological polar surface area (TPSA) is 54.0 Å². The number of rotatable bonds is 4. The predicted molar refractivity (Wildman–Crippen MR) is 98.6 cm³/mol. The van der Waals surface area contributed by atoms with Crippen molar-refractivity contribution in [1.82, 2.24) is 10.3 Å². The van der Waals surface area contributed by atoms with Crippen molar-refractivity contribution in [3.05, 3.63) is 57.8 Å². The van der Waals surface area contributed by atoms with Gasteiger partial charge in [-0.25, -0.2) is 4.98 Å². The minimum atomic E-state index is -1.77. The van der Waals surface area contributed by atoms with Crippen molar-refractivity contribution in [3.63, 3.8) is 0 Å². The summed E-state index contributed by atoms with van der Waals surface area (Å²) >= 11 is 26.9. The first-order valence-electron chi connectivity index (χ1n) is 6.27. The first kappa shape index (κ1) is 18.6. The molecule has 1 aromatic heterocycles. The lowest BCUT2D eigenvalue weighted by Gasteiger charge is -2.27. The third-order valence-corrected chi connectivity index (χ3v) is 4.12. The Balaban J connectivity index is 2.14. The summed E-state index contributed by atoms with van der Waals surface area (Å²) < 4.78 is -1.15. The number of pyridine rings is 1. The van der Waals surface area contributed by atoms with Gasteiger partial charge in [-0.05, 0) is 52.3 Å². The number of aromatic nitrogens is 1. The molecule has 0 saturated heterocycles. The van der Waals surface area contributed by atoms with Crippen LogP contribution in [0, 0.1) is 0 Å². The summed E-state index contributed by atoms with van der Waals surface area (Å²) in [6.45, 7) is 0. The maximum Gasteiger partial charge on any atom is 0.254 e. The van der Waals surface area contributed by atoms with Crippen LogP contribution in [-0.4, -0.2) is 20.8 Å². The maximum absolute atomic E-state index is 12.3. The van der Waals surface area contributed by atoms with Gasteiger partial charge in [-0.2, -0.15) is 0 Å². The molecule has 122 valence electrons. The molecule has 1 amide bonds. The molecule has 1 atom stereocenters. The SMILES string of the molecule is O=C(NC(Nc1ccc(Cl)cc1)C(Cl)(Cl)Cl)c1ccc(Br)nc1. The highest BCUT2D eigenvalue weighted by molar-refractivity contribution is 9.10. The molecule has 0 aliphatic rings. The van der Waals surface area contributed by atoms with Gasteiger partial charge < -0.3 is 10.6 Å². The van der Waals surface area contributed by atoms with E-state index < -0.39 is 15.9 Å². The zero-order valence-electron chi connectivity index (χ0n) is 11.4. The highest BCUT2D eigenvalue weighted by atomic mass is 79.9. The Labute approximate surface area is 161 Å². The summed E-state index contributed by atoms with van der Waals surface area (Å²) in [4.78, 5) is 16.2. The number of carbonyl (C=O) groups excluding carboxylic acids is 1.